The third kappa shape index (κ3) is 11.5. The van der Waals surface area contributed by atoms with E-state index in [2.05, 4.69) is 33.0 Å². The summed E-state index contributed by atoms with van der Waals surface area (Å²) in [6, 6.07) is 0.760. The summed E-state index contributed by atoms with van der Waals surface area (Å²) >= 11 is 0. The van der Waals surface area contributed by atoms with Crippen molar-refractivity contribution in [1.29, 1.82) is 0 Å². The smallest absolute Gasteiger partial charge is 0.00926 e. The molecule has 2 atom stereocenters. The second-order valence-corrected chi connectivity index (χ2v) is 6.24. The SMILES string of the molecule is CCCCCCCCCC(NCCC)C(C)CCC. The molecule has 1 nitrogen and oxygen atoms in total. The van der Waals surface area contributed by atoms with Crippen molar-refractivity contribution in [3.05, 3.63) is 0 Å². The first-order chi connectivity index (χ1) is 9.26. The van der Waals surface area contributed by atoms with Crippen LogP contribution in [0.15, 0.2) is 0 Å². The second-order valence-electron chi connectivity index (χ2n) is 6.24. The van der Waals surface area contributed by atoms with Crippen molar-refractivity contribution < 1.29 is 0 Å². The average molecular weight is 270 g/mol. The lowest BCUT2D eigenvalue weighted by Gasteiger charge is -2.25. The van der Waals surface area contributed by atoms with Crippen LogP contribution in [-0.4, -0.2) is 12.6 Å². The first kappa shape index (κ1) is 19.0. The largest absolute Gasteiger partial charge is 0.314 e. The van der Waals surface area contributed by atoms with Crippen LogP contribution in [0.3, 0.4) is 0 Å². The summed E-state index contributed by atoms with van der Waals surface area (Å²) in [5.41, 5.74) is 0. The molecule has 0 aromatic carbocycles. The van der Waals surface area contributed by atoms with Gasteiger partial charge in [-0.3, -0.25) is 0 Å². The van der Waals surface area contributed by atoms with Crippen LogP contribution in [0.4, 0.5) is 0 Å². The maximum absolute atomic E-state index is 3.77. The van der Waals surface area contributed by atoms with Gasteiger partial charge in [0.05, 0.1) is 0 Å². The van der Waals surface area contributed by atoms with E-state index in [0.29, 0.717) is 0 Å². The van der Waals surface area contributed by atoms with Crippen molar-refractivity contribution in [3.63, 3.8) is 0 Å². The van der Waals surface area contributed by atoms with E-state index in [1.54, 1.807) is 0 Å². The minimum absolute atomic E-state index is 0.760. The number of rotatable bonds is 14. The van der Waals surface area contributed by atoms with E-state index in [4.69, 9.17) is 0 Å². The van der Waals surface area contributed by atoms with Crippen molar-refractivity contribution in [1.82, 2.24) is 5.32 Å². The van der Waals surface area contributed by atoms with Gasteiger partial charge in [-0.15, -0.1) is 0 Å². The van der Waals surface area contributed by atoms with E-state index in [0.717, 1.165) is 12.0 Å². The lowest BCUT2D eigenvalue weighted by Crippen LogP contribution is -2.35. The maximum atomic E-state index is 3.77. The molecule has 0 aliphatic rings. The first-order valence-electron chi connectivity index (χ1n) is 8.99. The Morgan fingerprint density at radius 2 is 1.32 bits per heavy atom. The molecule has 0 aromatic heterocycles. The molecule has 0 rings (SSSR count). The topological polar surface area (TPSA) is 12.0 Å². The number of hydrogen-bond donors (Lipinski definition) is 1. The van der Waals surface area contributed by atoms with Gasteiger partial charge in [0.1, 0.15) is 0 Å². The molecule has 2 unspecified atom stereocenters. The summed E-state index contributed by atoms with van der Waals surface area (Å²) < 4.78 is 0. The molecule has 1 N–H and O–H groups in total. The van der Waals surface area contributed by atoms with Crippen molar-refractivity contribution in [2.75, 3.05) is 6.54 Å². The van der Waals surface area contributed by atoms with E-state index in [1.807, 2.05) is 0 Å². The molecule has 0 aromatic rings. The van der Waals surface area contributed by atoms with Crippen LogP contribution in [0.25, 0.3) is 0 Å². The van der Waals surface area contributed by atoms with Crippen LogP contribution in [0.5, 0.6) is 0 Å². The van der Waals surface area contributed by atoms with Crippen LogP contribution in [-0.2, 0) is 0 Å². The van der Waals surface area contributed by atoms with Gasteiger partial charge in [0, 0.05) is 6.04 Å². The number of hydrogen-bond acceptors (Lipinski definition) is 1. The molecule has 0 heterocycles. The van der Waals surface area contributed by atoms with E-state index < -0.39 is 0 Å². The number of unbranched alkanes of at least 4 members (excludes halogenated alkanes) is 6. The van der Waals surface area contributed by atoms with Crippen molar-refractivity contribution in [3.8, 4) is 0 Å². The molecule has 1 heteroatoms. The van der Waals surface area contributed by atoms with Crippen LogP contribution < -0.4 is 5.32 Å². The fourth-order valence-corrected chi connectivity index (χ4v) is 2.90. The highest BCUT2D eigenvalue weighted by molar-refractivity contribution is 4.73. The van der Waals surface area contributed by atoms with Gasteiger partial charge in [-0.25, -0.2) is 0 Å². The van der Waals surface area contributed by atoms with Crippen LogP contribution in [0.1, 0.15) is 98.3 Å². The minimum atomic E-state index is 0.760. The Hall–Kier alpha value is -0.0400. The molecule has 0 saturated heterocycles. The lowest BCUT2D eigenvalue weighted by molar-refractivity contribution is 0.327. The fraction of sp³-hybridized carbons (Fsp3) is 1.00. The van der Waals surface area contributed by atoms with Gasteiger partial charge >= 0.3 is 0 Å². The van der Waals surface area contributed by atoms with Crippen LogP contribution in [0.2, 0.25) is 0 Å². The molecule has 0 fully saturated rings. The molecule has 0 aliphatic carbocycles. The third-order valence-electron chi connectivity index (χ3n) is 4.21. The first-order valence-corrected chi connectivity index (χ1v) is 8.99. The van der Waals surface area contributed by atoms with Gasteiger partial charge in [0.2, 0.25) is 0 Å². The zero-order valence-corrected chi connectivity index (χ0v) is 14.1. The van der Waals surface area contributed by atoms with Gasteiger partial charge in [-0.05, 0) is 31.7 Å². The van der Waals surface area contributed by atoms with E-state index in [-0.39, 0.29) is 0 Å². The third-order valence-corrected chi connectivity index (χ3v) is 4.21. The lowest BCUT2D eigenvalue weighted by atomic mass is 9.92. The molecule has 0 bridgehead atoms. The quantitative estimate of drug-likeness (QED) is 0.385. The second kappa shape index (κ2) is 14.4. The zero-order chi connectivity index (χ0) is 14.3. The van der Waals surface area contributed by atoms with Crippen molar-refractivity contribution >= 4 is 0 Å². The maximum Gasteiger partial charge on any atom is 0.00926 e. The van der Waals surface area contributed by atoms with Crippen LogP contribution >= 0.6 is 0 Å². The van der Waals surface area contributed by atoms with Gasteiger partial charge in [0.25, 0.3) is 0 Å². The number of nitrogens with one attached hydrogen (secondary N) is 1. The molecular formula is C18H39N. The molecule has 0 aliphatic heterocycles. The Morgan fingerprint density at radius 3 is 1.89 bits per heavy atom. The summed E-state index contributed by atoms with van der Waals surface area (Å²) in [5, 5.41) is 3.77. The van der Waals surface area contributed by atoms with Gasteiger partial charge < -0.3 is 5.32 Å². The standard InChI is InChI=1S/C18H39N/c1-5-8-9-10-11-12-13-15-18(19-16-7-3)17(4)14-6-2/h17-19H,5-16H2,1-4H3. The molecule has 0 saturated carbocycles. The Morgan fingerprint density at radius 1 is 0.684 bits per heavy atom. The highest BCUT2D eigenvalue weighted by Crippen LogP contribution is 2.17. The average Bonchev–Trinajstić information content (AvgIpc) is 2.41. The normalized spacial score (nSPS) is 14.5. The predicted molar refractivity (Wildman–Crippen MR) is 88.8 cm³/mol. The fourth-order valence-electron chi connectivity index (χ4n) is 2.90. The summed E-state index contributed by atoms with van der Waals surface area (Å²) in [6.45, 7) is 10.5. The van der Waals surface area contributed by atoms with E-state index in [1.165, 1.54) is 77.2 Å². The van der Waals surface area contributed by atoms with Gasteiger partial charge in [-0.2, -0.15) is 0 Å². The minimum Gasteiger partial charge on any atom is -0.314 e. The highest BCUT2D eigenvalue weighted by Gasteiger charge is 2.14. The Bertz CT molecular complexity index is 167. The molecule has 0 radical (unpaired) electrons. The Balaban J connectivity index is 3.66. The monoisotopic (exact) mass is 269 g/mol. The summed E-state index contributed by atoms with van der Waals surface area (Å²) in [5.74, 6) is 0.844. The zero-order valence-electron chi connectivity index (χ0n) is 14.1. The Kier molecular flexibility index (Phi) is 14.3. The molecule has 0 spiro atoms. The summed E-state index contributed by atoms with van der Waals surface area (Å²) in [4.78, 5) is 0. The molecule has 116 valence electrons. The van der Waals surface area contributed by atoms with E-state index in [9.17, 15) is 0 Å². The van der Waals surface area contributed by atoms with Gasteiger partial charge in [-0.1, -0.05) is 79.1 Å². The van der Waals surface area contributed by atoms with Crippen molar-refractivity contribution in [2.24, 2.45) is 5.92 Å². The Labute approximate surface area is 122 Å². The van der Waals surface area contributed by atoms with E-state index >= 15 is 0 Å². The highest BCUT2D eigenvalue weighted by atomic mass is 14.9. The summed E-state index contributed by atoms with van der Waals surface area (Å²) in [7, 11) is 0. The molecule has 0 amide bonds. The van der Waals surface area contributed by atoms with Crippen molar-refractivity contribution in [2.45, 2.75) is 104 Å². The molecule has 19 heavy (non-hydrogen) atoms. The predicted octanol–water partition coefficient (Wildman–Crippen LogP) is 5.93. The molecular weight excluding hydrogens is 230 g/mol. The summed E-state index contributed by atoms with van der Waals surface area (Å²) in [6.07, 6.45) is 15.3. The van der Waals surface area contributed by atoms with Gasteiger partial charge in [0.15, 0.2) is 0 Å². The van der Waals surface area contributed by atoms with Crippen LogP contribution in [0, 0.1) is 5.92 Å².